The van der Waals surface area contributed by atoms with Crippen molar-refractivity contribution in [1.29, 1.82) is 0 Å². The third-order valence-corrected chi connectivity index (χ3v) is 1.19. The number of nitrogens with one attached hydrogen (secondary N) is 1. The van der Waals surface area contributed by atoms with Gasteiger partial charge in [-0.3, -0.25) is 9.89 Å². The van der Waals surface area contributed by atoms with Crippen LogP contribution in [0.4, 0.5) is 0 Å². The van der Waals surface area contributed by atoms with Crippen molar-refractivity contribution < 1.29 is 19.8 Å². The first-order chi connectivity index (χ1) is 5.59. The Morgan fingerprint density at radius 3 is 2.58 bits per heavy atom. The van der Waals surface area contributed by atoms with E-state index in [9.17, 15) is 9.59 Å². The lowest BCUT2D eigenvalue weighted by molar-refractivity contribution is -0.136. The predicted octanol–water partition coefficient (Wildman–Crippen LogP) is -0.265. The summed E-state index contributed by atoms with van der Waals surface area (Å²) in [6, 6.07) is 1.19. The molecule has 1 heterocycles. The minimum atomic E-state index is -1.18. The maximum absolute atomic E-state index is 10.3. The van der Waals surface area contributed by atoms with Gasteiger partial charge in [-0.1, -0.05) is 0 Å². The monoisotopic (exact) mass is 170 g/mol. The average Bonchev–Trinajstić information content (AvgIpc) is 2.34. The molecule has 0 bridgehead atoms. The zero-order chi connectivity index (χ0) is 9.14. The normalized spacial score (nSPS) is 9.67. The van der Waals surface area contributed by atoms with E-state index < -0.39 is 11.9 Å². The standard InChI is InChI=1S/C6H6N2O4/c9-5(10)2-3-1-4(6(11)12)8-7-3/h1H,2H2,(H,7,8)(H,9,10)(H,11,12). The van der Waals surface area contributed by atoms with Crippen LogP contribution in [0, 0.1) is 0 Å². The third-order valence-electron chi connectivity index (χ3n) is 1.19. The summed E-state index contributed by atoms with van der Waals surface area (Å²) < 4.78 is 0. The molecule has 0 amide bonds. The maximum Gasteiger partial charge on any atom is 0.356 e. The van der Waals surface area contributed by atoms with Crippen molar-refractivity contribution >= 4 is 11.9 Å². The molecule has 0 aromatic carbocycles. The minimum Gasteiger partial charge on any atom is -0.481 e. The smallest absolute Gasteiger partial charge is 0.356 e. The first-order valence-corrected chi connectivity index (χ1v) is 3.09. The lowest BCUT2D eigenvalue weighted by Crippen LogP contribution is -1.99. The van der Waals surface area contributed by atoms with Crippen molar-refractivity contribution in [2.45, 2.75) is 6.42 Å². The molecule has 0 fully saturated rings. The number of aromatic carboxylic acids is 1. The molecule has 3 N–H and O–H groups in total. The summed E-state index contributed by atoms with van der Waals surface area (Å²) in [5, 5.41) is 22.4. The van der Waals surface area contributed by atoms with Gasteiger partial charge in [-0.15, -0.1) is 0 Å². The maximum atomic E-state index is 10.3. The van der Waals surface area contributed by atoms with E-state index in [0.29, 0.717) is 0 Å². The Balaban J connectivity index is 2.77. The summed E-state index contributed by atoms with van der Waals surface area (Å²) >= 11 is 0. The second kappa shape index (κ2) is 3.04. The molecule has 64 valence electrons. The van der Waals surface area contributed by atoms with Gasteiger partial charge >= 0.3 is 11.9 Å². The van der Waals surface area contributed by atoms with E-state index >= 15 is 0 Å². The van der Waals surface area contributed by atoms with Crippen molar-refractivity contribution in [3.8, 4) is 0 Å². The van der Waals surface area contributed by atoms with E-state index in [2.05, 4.69) is 10.2 Å². The van der Waals surface area contributed by atoms with Crippen LogP contribution in [0.15, 0.2) is 6.07 Å². The van der Waals surface area contributed by atoms with Crippen molar-refractivity contribution in [2.75, 3.05) is 0 Å². The predicted molar refractivity (Wildman–Crippen MR) is 36.9 cm³/mol. The summed E-state index contributed by atoms with van der Waals surface area (Å²) in [6.07, 6.45) is -0.250. The fourth-order valence-corrected chi connectivity index (χ4v) is 0.725. The molecule has 1 aromatic rings. The van der Waals surface area contributed by atoms with Crippen LogP contribution in [0.5, 0.6) is 0 Å². The molecular formula is C6H6N2O4. The van der Waals surface area contributed by atoms with Crippen LogP contribution in [-0.2, 0) is 11.2 Å². The highest BCUT2D eigenvalue weighted by atomic mass is 16.4. The molecule has 0 aliphatic carbocycles. The van der Waals surface area contributed by atoms with Crippen LogP contribution in [0.2, 0.25) is 0 Å². The van der Waals surface area contributed by atoms with Crippen molar-refractivity contribution in [1.82, 2.24) is 10.2 Å². The van der Waals surface area contributed by atoms with E-state index in [1.54, 1.807) is 0 Å². The number of hydrogen-bond donors (Lipinski definition) is 3. The second-order valence-corrected chi connectivity index (χ2v) is 2.15. The molecule has 6 nitrogen and oxygen atoms in total. The molecule has 0 unspecified atom stereocenters. The third kappa shape index (κ3) is 1.82. The topological polar surface area (TPSA) is 103 Å². The molecular weight excluding hydrogens is 164 g/mol. The highest BCUT2D eigenvalue weighted by molar-refractivity contribution is 5.85. The van der Waals surface area contributed by atoms with Gasteiger partial charge < -0.3 is 10.2 Å². The number of nitrogens with zero attached hydrogens (tertiary/aromatic N) is 1. The molecule has 0 saturated heterocycles. The van der Waals surface area contributed by atoms with Gasteiger partial charge in [0.25, 0.3) is 0 Å². The summed E-state index contributed by atoms with van der Waals surface area (Å²) in [5.41, 5.74) is 0.103. The molecule has 0 aliphatic rings. The largest absolute Gasteiger partial charge is 0.481 e. The fourth-order valence-electron chi connectivity index (χ4n) is 0.725. The van der Waals surface area contributed by atoms with E-state index in [0.717, 1.165) is 0 Å². The minimum absolute atomic E-state index is 0.175. The lowest BCUT2D eigenvalue weighted by Gasteiger charge is -1.85. The van der Waals surface area contributed by atoms with E-state index in [1.165, 1.54) is 6.07 Å². The Kier molecular flexibility index (Phi) is 2.09. The van der Waals surface area contributed by atoms with Crippen LogP contribution >= 0.6 is 0 Å². The number of carboxylic acids is 2. The number of aromatic nitrogens is 2. The lowest BCUT2D eigenvalue weighted by atomic mass is 10.3. The number of aromatic amines is 1. The molecule has 0 atom stereocenters. The summed E-state index contributed by atoms with van der Waals surface area (Å²) in [4.78, 5) is 20.4. The highest BCUT2D eigenvalue weighted by Crippen LogP contribution is 1.99. The summed E-state index contributed by atoms with van der Waals surface area (Å²) in [6.45, 7) is 0. The van der Waals surface area contributed by atoms with E-state index in [4.69, 9.17) is 10.2 Å². The molecule has 0 aliphatic heterocycles. The molecule has 12 heavy (non-hydrogen) atoms. The van der Waals surface area contributed by atoms with Gasteiger partial charge in [0.2, 0.25) is 0 Å². The highest BCUT2D eigenvalue weighted by Gasteiger charge is 2.09. The SMILES string of the molecule is O=C(O)Cc1cc(C(=O)O)n[nH]1. The second-order valence-electron chi connectivity index (χ2n) is 2.15. The molecule has 1 rings (SSSR count). The molecule has 0 spiro atoms. The van der Waals surface area contributed by atoms with Crippen LogP contribution in [0.3, 0.4) is 0 Å². The molecule has 1 aromatic heterocycles. The number of rotatable bonds is 3. The first kappa shape index (κ1) is 8.25. The van der Waals surface area contributed by atoms with Crippen LogP contribution < -0.4 is 0 Å². The Bertz CT molecular complexity index is 317. The Hall–Kier alpha value is -1.85. The quantitative estimate of drug-likeness (QED) is 0.579. The molecule has 0 radical (unpaired) electrons. The van der Waals surface area contributed by atoms with Gasteiger partial charge in [-0.05, 0) is 6.07 Å². The zero-order valence-electron chi connectivity index (χ0n) is 5.94. The summed E-state index contributed by atoms with van der Waals surface area (Å²) in [5.74, 6) is -2.21. The van der Waals surface area contributed by atoms with Crippen molar-refractivity contribution in [3.05, 3.63) is 17.5 Å². The number of carbonyl (C=O) groups is 2. The Morgan fingerprint density at radius 2 is 2.17 bits per heavy atom. The van der Waals surface area contributed by atoms with Gasteiger partial charge in [0, 0.05) is 5.69 Å². The van der Waals surface area contributed by atoms with E-state index in [-0.39, 0.29) is 17.8 Å². The fraction of sp³-hybridized carbons (Fsp3) is 0.167. The number of aliphatic carboxylic acids is 1. The van der Waals surface area contributed by atoms with E-state index in [1.807, 2.05) is 0 Å². The van der Waals surface area contributed by atoms with Crippen LogP contribution in [0.25, 0.3) is 0 Å². The van der Waals surface area contributed by atoms with Gasteiger partial charge in [-0.2, -0.15) is 5.10 Å². The number of hydrogen-bond acceptors (Lipinski definition) is 3. The van der Waals surface area contributed by atoms with Crippen LogP contribution in [-0.4, -0.2) is 32.3 Å². The molecule has 6 heteroatoms. The van der Waals surface area contributed by atoms with Gasteiger partial charge in [0.05, 0.1) is 6.42 Å². The zero-order valence-corrected chi connectivity index (χ0v) is 5.94. The van der Waals surface area contributed by atoms with Gasteiger partial charge in [0.15, 0.2) is 5.69 Å². The van der Waals surface area contributed by atoms with Crippen molar-refractivity contribution in [3.63, 3.8) is 0 Å². The number of H-pyrrole nitrogens is 1. The number of carboxylic acid groups (broad SMARTS) is 2. The van der Waals surface area contributed by atoms with Gasteiger partial charge in [-0.25, -0.2) is 4.79 Å². The Morgan fingerprint density at radius 1 is 1.50 bits per heavy atom. The average molecular weight is 170 g/mol. The van der Waals surface area contributed by atoms with Crippen molar-refractivity contribution in [2.24, 2.45) is 0 Å². The summed E-state index contributed by atoms with van der Waals surface area (Å²) in [7, 11) is 0. The first-order valence-electron chi connectivity index (χ1n) is 3.09. The Labute approximate surface area is 66.8 Å². The molecule has 0 saturated carbocycles. The van der Waals surface area contributed by atoms with Crippen LogP contribution in [0.1, 0.15) is 16.2 Å². The van der Waals surface area contributed by atoms with Gasteiger partial charge in [0.1, 0.15) is 0 Å².